The molecule has 9 heteroatoms. The summed E-state index contributed by atoms with van der Waals surface area (Å²) in [6.45, 7) is 0.811. The van der Waals surface area contributed by atoms with Gasteiger partial charge >= 0.3 is 0 Å². The van der Waals surface area contributed by atoms with E-state index in [0.717, 1.165) is 30.8 Å². The van der Waals surface area contributed by atoms with Gasteiger partial charge in [0, 0.05) is 11.4 Å². The summed E-state index contributed by atoms with van der Waals surface area (Å²) < 4.78 is 6.81. The highest BCUT2D eigenvalue weighted by Gasteiger charge is 2.30. The molecule has 4 rings (SSSR count). The fourth-order valence-corrected chi connectivity index (χ4v) is 4.86. The van der Waals surface area contributed by atoms with Crippen LogP contribution in [-0.4, -0.2) is 50.4 Å². The van der Waals surface area contributed by atoms with Gasteiger partial charge in [-0.2, -0.15) is 4.68 Å². The predicted octanol–water partition coefficient (Wildman–Crippen LogP) is 3.19. The number of rotatable bonds is 6. The van der Waals surface area contributed by atoms with Crippen LogP contribution in [0, 0.1) is 0 Å². The standard InChI is InChI=1S/C18H19N5O2S2/c1-25-14-8-6-13(7-9-14)23-18(19-20-21-23)27-12-17(24)22-10-2-4-15(22)16-5-3-11-26-16/h3,5-9,11,15H,2,4,10,12H2,1H3. The SMILES string of the molecule is COc1ccc(-n2nnnc2SCC(=O)N2CCCC2c2cccs2)cc1. The van der Waals surface area contributed by atoms with E-state index in [-0.39, 0.29) is 11.9 Å². The number of nitrogens with zero attached hydrogens (tertiary/aromatic N) is 5. The molecule has 0 bridgehead atoms. The fourth-order valence-electron chi connectivity index (χ4n) is 3.21. The Hall–Kier alpha value is -2.39. The van der Waals surface area contributed by atoms with E-state index in [1.54, 1.807) is 23.1 Å². The number of thioether (sulfide) groups is 1. The first-order valence-electron chi connectivity index (χ1n) is 8.65. The second kappa shape index (κ2) is 8.10. The van der Waals surface area contributed by atoms with Gasteiger partial charge in [-0.3, -0.25) is 4.79 Å². The van der Waals surface area contributed by atoms with Crippen LogP contribution in [0.5, 0.6) is 5.75 Å². The minimum atomic E-state index is 0.125. The lowest BCUT2D eigenvalue weighted by Crippen LogP contribution is -2.31. The molecule has 3 aromatic rings. The molecular weight excluding hydrogens is 382 g/mol. The molecule has 1 amide bonds. The fraction of sp³-hybridized carbons (Fsp3) is 0.333. The molecule has 1 aromatic carbocycles. The third-order valence-electron chi connectivity index (χ3n) is 4.53. The summed E-state index contributed by atoms with van der Waals surface area (Å²) in [5.74, 6) is 1.21. The lowest BCUT2D eigenvalue weighted by atomic mass is 10.2. The van der Waals surface area contributed by atoms with Gasteiger partial charge in [0.05, 0.1) is 24.6 Å². The number of benzene rings is 1. The number of carbonyl (C=O) groups is 1. The lowest BCUT2D eigenvalue weighted by Gasteiger charge is -2.23. The zero-order valence-corrected chi connectivity index (χ0v) is 16.4. The first-order valence-corrected chi connectivity index (χ1v) is 10.5. The van der Waals surface area contributed by atoms with Crippen LogP contribution in [0.25, 0.3) is 5.69 Å². The number of amides is 1. The van der Waals surface area contributed by atoms with Crippen LogP contribution in [0.4, 0.5) is 0 Å². The molecule has 0 spiro atoms. The maximum atomic E-state index is 12.8. The summed E-state index contributed by atoms with van der Waals surface area (Å²) in [6.07, 6.45) is 2.07. The molecule has 1 aliphatic heterocycles. The number of aromatic nitrogens is 4. The van der Waals surface area contributed by atoms with E-state index in [4.69, 9.17) is 4.74 Å². The quantitative estimate of drug-likeness (QED) is 0.591. The largest absolute Gasteiger partial charge is 0.497 e. The summed E-state index contributed by atoms with van der Waals surface area (Å²) in [5.41, 5.74) is 0.827. The normalized spacial score (nSPS) is 16.6. The zero-order valence-electron chi connectivity index (χ0n) is 14.8. The van der Waals surface area contributed by atoms with Gasteiger partial charge in [-0.1, -0.05) is 17.8 Å². The van der Waals surface area contributed by atoms with Crippen molar-refractivity contribution < 1.29 is 9.53 Å². The van der Waals surface area contributed by atoms with Gasteiger partial charge < -0.3 is 9.64 Å². The molecule has 3 heterocycles. The average molecular weight is 402 g/mol. The number of tetrazole rings is 1. The molecule has 2 aromatic heterocycles. The number of hydrogen-bond acceptors (Lipinski definition) is 7. The van der Waals surface area contributed by atoms with Gasteiger partial charge in [-0.05, 0) is 59.0 Å². The first kappa shape index (κ1) is 18.0. The molecule has 1 aliphatic rings. The minimum Gasteiger partial charge on any atom is -0.497 e. The van der Waals surface area contributed by atoms with Crippen molar-refractivity contribution in [3.63, 3.8) is 0 Å². The molecule has 0 radical (unpaired) electrons. The van der Waals surface area contributed by atoms with Gasteiger partial charge in [0.15, 0.2) is 0 Å². The highest BCUT2D eigenvalue weighted by molar-refractivity contribution is 7.99. The number of likely N-dealkylation sites (tertiary alicyclic amines) is 1. The smallest absolute Gasteiger partial charge is 0.233 e. The Kier molecular flexibility index (Phi) is 5.40. The Morgan fingerprint density at radius 1 is 1.33 bits per heavy atom. The topological polar surface area (TPSA) is 73.1 Å². The van der Waals surface area contributed by atoms with E-state index in [2.05, 4.69) is 27.0 Å². The maximum absolute atomic E-state index is 12.8. The Morgan fingerprint density at radius 2 is 2.19 bits per heavy atom. The van der Waals surface area contributed by atoms with Crippen molar-refractivity contribution in [2.75, 3.05) is 19.4 Å². The van der Waals surface area contributed by atoms with E-state index < -0.39 is 0 Å². The third-order valence-corrected chi connectivity index (χ3v) is 6.41. The molecule has 1 fully saturated rings. The van der Waals surface area contributed by atoms with Crippen molar-refractivity contribution in [2.24, 2.45) is 0 Å². The number of carbonyl (C=O) groups excluding carboxylic acids is 1. The van der Waals surface area contributed by atoms with Crippen molar-refractivity contribution >= 4 is 29.0 Å². The van der Waals surface area contributed by atoms with E-state index in [9.17, 15) is 4.79 Å². The Morgan fingerprint density at radius 3 is 2.93 bits per heavy atom. The molecule has 7 nitrogen and oxygen atoms in total. The highest BCUT2D eigenvalue weighted by atomic mass is 32.2. The molecule has 0 saturated carbocycles. The number of methoxy groups -OCH3 is 1. The van der Waals surface area contributed by atoms with Gasteiger partial charge in [-0.25, -0.2) is 0 Å². The molecule has 1 unspecified atom stereocenters. The lowest BCUT2D eigenvalue weighted by molar-refractivity contribution is -0.129. The maximum Gasteiger partial charge on any atom is 0.233 e. The summed E-state index contributed by atoms with van der Waals surface area (Å²) in [7, 11) is 1.63. The first-order chi connectivity index (χ1) is 13.3. The van der Waals surface area contributed by atoms with Gasteiger partial charge in [0.1, 0.15) is 5.75 Å². The van der Waals surface area contributed by atoms with Gasteiger partial charge in [-0.15, -0.1) is 16.4 Å². The monoisotopic (exact) mass is 401 g/mol. The van der Waals surface area contributed by atoms with Crippen LogP contribution in [0.1, 0.15) is 23.8 Å². The predicted molar refractivity (Wildman–Crippen MR) is 104 cm³/mol. The van der Waals surface area contributed by atoms with Crippen LogP contribution in [0.15, 0.2) is 46.9 Å². The molecule has 27 heavy (non-hydrogen) atoms. The van der Waals surface area contributed by atoms with Crippen LogP contribution >= 0.6 is 23.1 Å². The van der Waals surface area contributed by atoms with Gasteiger partial charge in [0.2, 0.25) is 11.1 Å². The van der Waals surface area contributed by atoms with Gasteiger partial charge in [0.25, 0.3) is 0 Å². The molecule has 140 valence electrons. The summed E-state index contributed by atoms with van der Waals surface area (Å²) in [6, 6.07) is 11.8. The summed E-state index contributed by atoms with van der Waals surface area (Å²) >= 11 is 3.07. The summed E-state index contributed by atoms with van der Waals surface area (Å²) in [5, 5.41) is 14.5. The van der Waals surface area contributed by atoms with Crippen LogP contribution in [0.3, 0.4) is 0 Å². The van der Waals surface area contributed by atoms with E-state index in [1.807, 2.05) is 35.2 Å². The summed E-state index contributed by atoms with van der Waals surface area (Å²) in [4.78, 5) is 16.0. The Labute approximate surface area is 165 Å². The van der Waals surface area contributed by atoms with Crippen molar-refractivity contribution in [3.05, 3.63) is 46.7 Å². The Balaban J connectivity index is 1.43. The molecule has 0 aliphatic carbocycles. The highest BCUT2D eigenvalue weighted by Crippen LogP contribution is 2.35. The minimum absolute atomic E-state index is 0.125. The second-order valence-corrected chi connectivity index (χ2v) is 8.04. The number of thiophene rings is 1. The molecule has 1 atom stereocenters. The van der Waals surface area contributed by atoms with E-state index in [1.165, 1.54) is 16.6 Å². The third kappa shape index (κ3) is 3.84. The molecule has 1 saturated heterocycles. The number of ether oxygens (including phenoxy) is 1. The van der Waals surface area contributed by atoms with Crippen molar-refractivity contribution in [1.82, 2.24) is 25.1 Å². The van der Waals surface area contributed by atoms with Crippen molar-refractivity contribution in [3.8, 4) is 11.4 Å². The van der Waals surface area contributed by atoms with Crippen molar-refractivity contribution in [1.29, 1.82) is 0 Å². The van der Waals surface area contributed by atoms with Crippen LogP contribution in [0.2, 0.25) is 0 Å². The number of hydrogen-bond donors (Lipinski definition) is 0. The van der Waals surface area contributed by atoms with Crippen LogP contribution < -0.4 is 4.74 Å². The Bertz CT molecular complexity index is 895. The molecule has 0 N–H and O–H groups in total. The second-order valence-electron chi connectivity index (χ2n) is 6.12. The van der Waals surface area contributed by atoms with E-state index in [0.29, 0.717) is 10.9 Å². The van der Waals surface area contributed by atoms with Crippen molar-refractivity contribution in [2.45, 2.75) is 24.0 Å². The average Bonchev–Trinajstić information content (AvgIpc) is 3.47. The zero-order chi connectivity index (χ0) is 18.6. The molecular formula is C18H19N5O2S2. The van der Waals surface area contributed by atoms with E-state index >= 15 is 0 Å². The van der Waals surface area contributed by atoms with Crippen LogP contribution in [-0.2, 0) is 4.79 Å².